The molecule has 2 rings (SSSR count). The van der Waals surface area contributed by atoms with Gasteiger partial charge in [-0.25, -0.2) is 0 Å². The highest BCUT2D eigenvalue weighted by molar-refractivity contribution is 5.94. The summed E-state index contributed by atoms with van der Waals surface area (Å²) < 4.78 is 0. The molecule has 1 N–H and O–H groups in total. The lowest BCUT2D eigenvalue weighted by molar-refractivity contribution is -0.121. The highest BCUT2D eigenvalue weighted by Gasteiger charge is 2.18. The van der Waals surface area contributed by atoms with E-state index in [-0.39, 0.29) is 11.8 Å². The van der Waals surface area contributed by atoms with Crippen LogP contribution in [0.4, 0.5) is 0 Å². The molecule has 2 amide bonds. The number of carbonyl (C=O) groups excluding carboxylic acids is 2. The molecule has 1 fully saturated rings. The van der Waals surface area contributed by atoms with Crippen molar-refractivity contribution in [1.82, 2.24) is 10.2 Å². The van der Waals surface area contributed by atoms with Crippen molar-refractivity contribution in [3.63, 3.8) is 0 Å². The zero-order valence-corrected chi connectivity index (χ0v) is 13.6. The summed E-state index contributed by atoms with van der Waals surface area (Å²) >= 11 is 0. The Morgan fingerprint density at radius 2 is 1.95 bits per heavy atom. The molecule has 0 bridgehead atoms. The zero-order valence-electron chi connectivity index (χ0n) is 13.6. The molecule has 0 atom stereocenters. The Labute approximate surface area is 132 Å². The van der Waals surface area contributed by atoms with Crippen LogP contribution in [0.5, 0.6) is 0 Å². The molecule has 0 aliphatic heterocycles. The molecule has 1 aliphatic rings. The molecule has 1 saturated carbocycles. The Kier molecular flexibility index (Phi) is 5.99. The van der Waals surface area contributed by atoms with Gasteiger partial charge in [-0.1, -0.05) is 25.0 Å². The first kappa shape index (κ1) is 16.5. The molecule has 0 heterocycles. The third-order valence-corrected chi connectivity index (χ3v) is 4.26. The maximum absolute atomic E-state index is 11.9. The number of benzene rings is 1. The number of nitrogens with zero attached hydrogens (tertiary/aromatic N) is 1. The van der Waals surface area contributed by atoms with E-state index in [2.05, 4.69) is 5.32 Å². The highest BCUT2D eigenvalue weighted by Crippen LogP contribution is 2.27. The molecule has 120 valence electrons. The molecule has 4 heteroatoms. The van der Waals surface area contributed by atoms with E-state index in [1.165, 1.54) is 25.7 Å². The summed E-state index contributed by atoms with van der Waals surface area (Å²) in [4.78, 5) is 25.4. The molecule has 4 nitrogen and oxygen atoms in total. The number of rotatable bonds is 6. The zero-order chi connectivity index (χ0) is 15.9. The normalized spacial score (nSPS) is 14.8. The van der Waals surface area contributed by atoms with E-state index in [0.717, 1.165) is 12.0 Å². The second-order valence-corrected chi connectivity index (χ2v) is 6.35. The second kappa shape index (κ2) is 7.97. The van der Waals surface area contributed by atoms with Crippen molar-refractivity contribution in [2.24, 2.45) is 5.92 Å². The maximum Gasteiger partial charge on any atom is 0.253 e. The first-order valence-electron chi connectivity index (χ1n) is 8.13. The van der Waals surface area contributed by atoms with Gasteiger partial charge in [0.25, 0.3) is 5.91 Å². The van der Waals surface area contributed by atoms with Crippen LogP contribution in [-0.2, 0) is 11.2 Å². The molecule has 0 spiro atoms. The second-order valence-electron chi connectivity index (χ2n) is 6.35. The summed E-state index contributed by atoms with van der Waals surface area (Å²) in [5, 5.41) is 3.00. The maximum atomic E-state index is 11.9. The lowest BCUT2D eigenvalue weighted by Crippen LogP contribution is -2.27. The standard InChI is InChI=1S/C18H26N2O2/c1-20(2)18(22)16-9-5-8-15(12-16)10-11-19-17(21)13-14-6-3-4-7-14/h5,8-9,12,14H,3-4,6-7,10-11,13H2,1-2H3,(H,19,21). The number of hydrogen-bond acceptors (Lipinski definition) is 2. The van der Waals surface area contributed by atoms with Gasteiger partial charge in [0.05, 0.1) is 0 Å². The molecule has 0 radical (unpaired) electrons. The number of carbonyl (C=O) groups is 2. The molecule has 22 heavy (non-hydrogen) atoms. The van der Waals surface area contributed by atoms with E-state index >= 15 is 0 Å². The Morgan fingerprint density at radius 1 is 1.23 bits per heavy atom. The molecule has 0 unspecified atom stereocenters. The summed E-state index contributed by atoms with van der Waals surface area (Å²) in [6, 6.07) is 7.62. The largest absolute Gasteiger partial charge is 0.356 e. The molecule has 1 aliphatic carbocycles. The first-order valence-corrected chi connectivity index (χ1v) is 8.13. The summed E-state index contributed by atoms with van der Waals surface area (Å²) in [6.07, 6.45) is 6.35. The van der Waals surface area contributed by atoms with E-state index in [4.69, 9.17) is 0 Å². The van der Waals surface area contributed by atoms with Crippen molar-refractivity contribution in [2.75, 3.05) is 20.6 Å². The average Bonchev–Trinajstić information content (AvgIpc) is 2.99. The van der Waals surface area contributed by atoms with Crippen LogP contribution >= 0.6 is 0 Å². The van der Waals surface area contributed by atoms with Gasteiger partial charge in [-0.15, -0.1) is 0 Å². The fourth-order valence-corrected chi connectivity index (χ4v) is 3.01. The number of nitrogens with one attached hydrogen (secondary N) is 1. The lowest BCUT2D eigenvalue weighted by atomic mass is 10.0. The monoisotopic (exact) mass is 302 g/mol. The van der Waals surface area contributed by atoms with Gasteiger partial charge in [-0.3, -0.25) is 9.59 Å². The minimum Gasteiger partial charge on any atom is -0.356 e. The van der Waals surface area contributed by atoms with Gasteiger partial charge in [-0.05, 0) is 42.9 Å². The van der Waals surface area contributed by atoms with Gasteiger partial charge in [0.1, 0.15) is 0 Å². The third kappa shape index (κ3) is 4.86. The van der Waals surface area contributed by atoms with Gasteiger partial charge in [0, 0.05) is 32.6 Å². The molecule has 0 saturated heterocycles. The van der Waals surface area contributed by atoms with Gasteiger partial charge < -0.3 is 10.2 Å². The van der Waals surface area contributed by atoms with E-state index < -0.39 is 0 Å². The third-order valence-electron chi connectivity index (χ3n) is 4.26. The Morgan fingerprint density at radius 3 is 2.64 bits per heavy atom. The lowest BCUT2D eigenvalue weighted by Gasteiger charge is -2.12. The fourth-order valence-electron chi connectivity index (χ4n) is 3.01. The van der Waals surface area contributed by atoms with Crippen LogP contribution in [0.3, 0.4) is 0 Å². The molecular weight excluding hydrogens is 276 g/mol. The smallest absolute Gasteiger partial charge is 0.253 e. The van der Waals surface area contributed by atoms with Gasteiger partial charge in [-0.2, -0.15) is 0 Å². The molecular formula is C18H26N2O2. The van der Waals surface area contributed by atoms with E-state index in [0.29, 0.717) is 24.4 Å². The summed E-state index contributed by atoms with van der Waals surface area (Å²) in [5.41, 5.74) is 1.77. The van der Waals surface area contributed by atoms with Crippen molar-refractivity contribution < 1.29 is 9.59 Å². The predicted molar refractivity (Wildman–Crippen MR) is 87.7 cm³/mol. The molecule has 1 aromatic rings. The van der Waals surface area contributed by atoms with Crippen LogP contribution in [0.25, 0.3) is 0 Å². The van der Waals surface area contributed by atoms with Crippen LogP contribution in [0.15, 0.2) is 24.3 Å². The highest BCUT2D eigenvalue weighted by atomic mass is 16.2. The fraction of sp³-hybridized carbons (Fsp3) is 0.556. The summed E-state index contributed by atoms with van der Waals surface area (Å²) in [6.45, 7) is 0.630. The number of hydrogen-bond donors (Lipinski definition) is 1. The predicted octanol–water partition coefficient (Wildman–Crippen LogP) is 2.63. The minimum atomic E-state index is 0.00659. The van der Waals surface area contributed by atoms with Crippen LogP contribution in [-0.4, -0.2) is 37.4 Å². The molecule has 0 aromatic heterocycles. The van der Waals surface area contributed by atoms with Crippen molar-refractivity contribution >= 4 is 11.8 Å². The van der Waals surface area contributed by atoms with E-state index in [9.17, 15) is 9.59 Å². The quantitative estimate of drug-likeness (QED) is 0.878. The van der Waals surface area contributed by atoms with Crippen molar-refractivity contribution in [2.45, 2.75) is 38.5 Å². The Bertz CT molecular complexity index is 520. The Hall–Kier alpha value is -1.84. The minimum absolute atomic E-state index is 0.00659. The number of amides is 2. The van der Waals surface area contributed by atoms with Crippen LogP contribution in [0, 0.1) is 5.92 Å². The van der Waals surface area contributed by atoms with Crippen LogP contribution in [0.2, 0.25) is 0 Å². The van der Waals surface area contributed by atoms with Gasteiger partial charge in [0.2, 0.25) is 5.91 Å². The van der Waals surface area contributed by atoms with E-state index in [1.807, 2.05) is 24.3 Å². The van der Waals surface area contributed by atoms with Gasteiger partial charge >= 0.3 is 0 Å². The SMILES string of the molecule is CN(C)C(=O)c1cccc(CCNC(=O)CC2CCCC2)c1. The van der Waals surface area contributed by atoms with E-state index in [1.54, 1.807) is 19.0 Å². The summed E-state index contributed by atoms with van der Waals surface area (Å²) in [5.74, 6) is 0.751. The van der Waals surface area contributed by atoms with Crippen molar-refractivity contribution in [3.8, 4) is 0 Å². The first-order chi connectivity index (χ1) is 10.6. The topological polar surface area (TPSA) is 49.4 Å². The average molecular weight is 302 g/mol. The molecule has 1 aromatic carbocycles. The Balaban J connectivity index is 1.77. The van der Waals surface area contributed by atoms with Gasteiger partial charge in [0.15, 0.2) is 0 Å². The summed E-state index contributed by atoms with van der Waals surface area (Å²) in [7, 11) is 3.50. The van der Waals surface area contributed by atoms with Crippen molar-refractivity contribution in [1.29, 1.82) is 0 Å². The van der Waals surface area contributed by atoms with Crippen LogP contribution < -0.4 is 5.32 Å². The van der Waals surface area contributed by atoms with Crippen LogP contribution in [0.1, 0.15) is 48.0 Å². The van der Waals surface area contributed by atoms with Crippen molar-refractivity contribution in [3.05, 3.63) is 35.4 Å².